The van der Waals surface area contributed by atoms with E-state index in [-0.39, 0.29) is 6.42 Å². The Morgan fingerprint density at radius 3 is 2.86 bits per heavy atom. The van der Waals surface area contributed by atoms with E-state index in [1.54, 1.807) is 29.9 Å². The molecule has 1 amide bonds. The summed E-state index contributed by atoms with van der Waals surface area (Å²) in [6, 6.07) is 2.30. The van der Waals surface area contributed by atoms with Gasteiger partial charge in [-0.3, -0.25) is 9.48 Å². The van der Waals surface area contributed by atoms with Crippen LogP contribution in [0.3, 0.4) is 0 Å². The van der Waals surface area contributed by atoms with Gasteiger partial charge in [0.05, 0.1) is 17.5 Å². The Labute approximate surface area is 127 Å². The number of rotatable bonds is 7. The molecule has 1 atom stereocenters. The number of hydrogen-bond acceptors (Lipinski definition) is 4. The van der Waals surface area contributed by atoms with E-state index in [4.69, 9.17) is 4.42 Å². The van der Waals surface area contributed by atoms with E-state index in [9.17, 15) is 14.7 Å². The zero-order valence-corrected chi connectivity index (χ0v) is 12.6. The summed E-state index contributed by atoms with van der Waals surface area (Å²) in [4.78, 5) is 23.6. The SMILES string of the molecule is CCCn1cc(C(=O)N[C@H](Cc2ccco2)C(=O)O)c(C)n1. The molecule has 22 heavy (non-hydrogen) atoms. The molecule has 2 rings (SSSR count). The van der Waals surface area contributed by atoms with Crippen LogP contribution >= 0.6 is 0 Å². The first kappa shape index (κ1) is 15.8. The summed E-state index contributed by atoms with van der Waals surface area (Å²) in [6.45, 7) is 4.45. The first-order chi connectivity index (χ1) is 10.5. The maximum Gasteiger partial charge on any atom is 0.326 e. The van der Waals surface area contributed by atoms with Crippen LogP contribution in [0.4, 0.5) is 0 Å². The number of aryl methyl sites for hydroxylation is 2. The number of carboxylic acids is 1. The summed E-state index contributed by atoms with van der Waals surface area (Å²) < 4.78 is 6.82. The van der Waals surface area contributed by atoms with E-state index in [1.807, 2.05) is 6.92 Å². The van der Waals surface area contributed by atoms with Crippen molar-refractivity contribution in [2.75, 3.05) is 0 Å². The molecule has 7 nitrogen and oxygen atoms in total. The minimum absolute atomic E-state index is 0.0935. The summed E-state index contributed by atoms with van der Waals surface area (Å²) in [5.74, 6) is -1.05. The van der Waals surface area contributed by atoms with Gasteiger partial charge in [0.1, 0.15) is 11.8 Å². The van der Waals surface area contributed by atoms with Crippen LogP contribution in [0.15, 0.2) is 29.0 Å². The van der Waals surface area contributed by atoms with Crippen LogP contribution in [-0.4, -0.2) is 32.8 Å². The number of carbonyl (C=O) groups is 2. The number of carboxylic acid groups (broad SMARTS) is 1. The van der Waals surface area contributed by atoms with Gasteiger partial charge in [-0.15, -0.1) is 0 Å². The molecule has 2 N–H and O–H groups in total. The second-order valence-corrected chi connectivity index (χ2v) is 5.04. The predicted molar refractivity (Wildman–Crippen MR) is 78.6 cm³/mol. The van der Waals surface area contributed by atoms with Crippen molar-refractivity contribution < 1.29 is 19.1 Å². The average molecular weight is 305 g/mol. The molecule has 0 spiro atoms. The Kier molecular flexibility index (Phi) is 4.98. The Balaban J connectivity index is 2.09. The largest absolute Gasteiger partial charge is 0.480 e. The standard InChI is InChI=1S/C15H19N3O4/c1-3-6-18-9-12(10(2)17-18)14(19)16-13(15(20)21)8-11-5-4-7-22-11/h4-5,7,9,13H,3,6,8H2,1-2H3,(H,16,19)(H,20,21)/t13-/m1/s1. The monoisotopic (exact) mass is 305 g/mol. The number of carbonyl (C=O) groups excluding carboxylic acids is 1. The van der Waals surface area contributed by atoms with Crippen molar-refractivity contribution in [2.24, 2.45) is 0 Å². The third kappa shape index (κ3) is 3.75. The highest BCUT2D eigenvalue weighted by Gasteiger charge is 2.24. The molecule has 2 heterocycles. The zero-order chi connectivity index (χ0) is 16.1. The second-order valence-electron chi connectivity index (χ2n) is 5.04. The summed E-state index contributed by atoms with van der Waals surface area (Å²) in [5.41, 5.74) is 0.965. The van der Waals surface area contributed by atoms with Gasteiger partial charge in [-0.2, -0.15) is 5.10 Å². The van der Waals surface area contributed by atoms with Gasteiger partial charge in [0.2, 0.25) is 0 Å². The lowest BCUT2D eigenvalue weighted by molar-refractivity contribution is -0.139. The van der Waals surface area contributed by atoms with E-state index in [2.05, 4.69) is 10.4 Å². The van der Waals surface area contributed by atoms with Crippen LogP contribution in [0, 0.1) is 6.92 Å². The lowest BCUT2D eigenvalue weighted by Crippen LogP contribution is -2.42. The number of aliphatic carboxylic acids is 1. The van der Waals surface area contributed by atoms with Crippen molar-refractivity contribution in [3.63, 3.8) is 0 Å². The van der Waals surface area contributed by atoms with Gasteiger partial charge >= 0.3 is 5.97 Å². The molecule has 0 radical (unpaired) electrons. The fraction of sp³-hybridized carbons (Fsp3) is 0.400. The molecule has 0 saturated heterocycles. The first-order valence-corrected chi connectivity index (χ1v) is 7.11. The van der Waals surface area contributed by atoms with Crippen LogP contribution in [0.25, 0.3) is 0 Å². The molecule has 7 heteroatoms. The van der Waals surface area contributed by atoms with Gasteiger partial charge in [-0.1, -0.05) is 6.92 Å². The minimum atomic E-state index is -1.11. The van der Waals surface area contributed by atoms with Crippen molar-refractivity contribution in [3.8, 4) is 0 Å². The normalized spacial score (nSPS) is 12.1. The molecule has 118 valence electrons. The van der Waals surface area contributed by atoms with Crippen molar-refractivity contribution >= 4 is 11.9 Å². The number of furan rings is 1. The minimum Gasteiger partial charge on any atom is -0.480 e. The van der Waals surface area contributed by atoms with Gasteiger partial charge in [0.25, 0.3) is 5.91 Å². The van der Waals surface area contributed by atoms with Crippen molar-refractivity contribution in [2.45, 2.75) is 39.3 Å². The van der Waals surface area contributed by atoms with Gasteiger partial charge < -0.3 is 14.8 Å². The fourth-order valence-corrected chi connectivity index (χ4v) is 2.15. The molecule has 2 aromatic rings. The lowest BCUT2D eigenvalue weighted by atomic mass is 10.1. The van der Waals surface area contributed by atoms with Crippen LogP contribution in [0.5, 0.6) is 0 Å². The second kappa shape index (κ2) is 6.93. The summed E-state index contributed by atoms with van der Waals surface area (Å²) in [7, 11) is 0. The van der Waals surface area contributed by atoms with Gasteiger partial charge in [0, 0.05) is 19.2 Å². The lowest BCUT2D eigenvalue weighted by Gasteiger charge is -2.12. The molecule has 0 aliphatic heterocycles. The molecular formula is C15H19N3O4. The van der Waals surface area contributed by atoms with Gasteiger partial charge in [0.15, 0.2) is 0 Å². The highest BCUT2D eigenvalue weighted by molar-refractivity contribution is 5.97. The van der Waals surface area contributed by atoms with Crippen molar-refractivity contribution in [1.29, 1.82) is 0 Å². The number of hydrogen-bond donors (Lipinski definition) is 2. The number of aromatic nitrogens is 2. The maximum absolute atomic E-state index is 12.3. The summed E-state index contributed by atoms with van der Waals surface area (Å²) >= 11 is 0. The Hall–Kier alpha value is -2.57. The molecule has 0 fully saturated rings. The number of nitrogens with zero attached hydrogens (tertiary/aromatic N) is 2. The van der Waals surface area contributed by atoms with Crippen molar-refractivity contribution in [1.82, 2.24) is 15.1 Å². The third-order valence-corrected chi connectivity index (χ3v) is 3.23. The predicted octanol–water partition coefficient (Wildman–Crippen LogP) is 1.62. The van der Waals surface area contributed by atoms with Crippen molar-refractivity contribution in [3.05, 3.63) is 41.6 Å². The highest BCUT2D eigenvalue weighted by Crippen LogP contribution is 2.09. The molecular weight excluding hydrogens is 286 g/mol. The summed E-state index contributed by atoms with van der Waals surface area (Å²) in [6.07, 6.45) is 4.10. The van der Waals surface area contributed by atoms with E-state index in [1.165, 1.54) is 6.26 Å². The molecule has 2 aromatic heterocycles. The van der Waals surface area contributed by atoms with E-state index in [0.29, 0.717) is 23.6 Å². The highest BCUT2D eigenvalue weighted by atomic mass is 16.4. The quantitative estimate of drug-likeness (QED) is 0.810. The van der Waals surface area contributed by atoms with Crippen LogP contribution in [-0.2, 0) is 17.8 Å². The maximum atomic E-state index is 12.3. The Bertz CT molecular complexity index is 646. The van der Waals surface area contributed by atoms with Gasteiger partial charge in [-0.05, 0) is 25.5 Å². The Morgan fingerprint density at radius 1 is 1.50 bits per heavy atom. The average Bonchev–Trinajstić information content (AvgIpc) is 3.08. The number of amides is 1. The fourth-order valence-electron chi connectivity index (χ4n) is 2.15. The summed E-state index contributed by atoms with van der Waals surface area (Å²) in [5, 5.41) is 16.0. The first-order valence-electron chi connectivity index (χ1n) is 7.11. The Morgan fingerprint density at radius 2 is 2.27 bits per heavy atom. The molecule has 0 aromatic carbocycles. The smallest absolute Gasteiger partial charge is 0.326 e. The third-order valence-electron chi connectivity index (χ3n) is 3.23. The zero-order valence-electron chi connectivity index (χ0n) is 12.6. The van der Waals surface area contributed by atoms with Crippen LogP contribution < -0.4 is 5.32 Å². The molecule has 0 bridgehead atoms. The topological polar surface area (TPSA) is 97.4 Å². The molecule has 0 saturated carbocycles. The van der Waals surface area contributed by atoms with E-state index >= 15 is 0 Å². The molecule has 0 aliphatic rings. The van der Waals surface area contributed by atoms with E-state index < -0.39 is 17.9 Å². The van der Waals surface area contributed by atoms with E-state index in [0.717, 1.165) is 6.42 Å². The van der Waals surface area contributed by atoms with Crippen LogP contribution in [0.1, 0.15) is 35.2 Å². The molecule has 0 aliphatic carbocycles. The van der Waals surface area contributed by atoms with Gasteiger partial charge in [-0.25, -0.2) is 4.79 Å². The molecule has 0 unspecified atom stereocenters. The number of nitrogens with one attached hydrogen (secondary N) is 1. The van der Waals surface area contributed by atoms with Crippen LogP contribution in [0.2, 0.25) is 0 Å².